The molecule has 0 radical (unpaired) electrons. The number of nitrogens with zero attached hydrogens (tertiary/aromatic N) is 1. The maximum absolute atomic E-state index is 10.0. The van der Waals surface area contributed by atoms with Gasteiger partial charge in [-0.25, -0.2) is 0 Å². The number of carbonyl (C=O) groups is 2. The van der Waals surface area contributed by atoms with Crippen LogP contribution in [0.25, 0.3) is 0 Å². The summed E-state index contributed by atoms with van der Waals surface area (Å²) in [5.74, 6) is 0. The standard InChI is InChI=1S/C6H15N.C4H9NO2S.CH3NOS/c1-4-7(5-2)6-3;1-7-3-2-5-4(6)8;2-1(3)4/h4-6H2,1-3H3;2-3H2,1H3,(H2,5,6,8);(H3,2,3,4). The number of nitrogens with one attached hydrogen (secondary N) is 1. The minimum absolute atomic E-state index is 0.318. The average molecular weight is 313 g/mol. The predicted octanol–water partition coefficient (Wildman–Crippen LogP) is 1.62. The average Bonchev–Trinajstić information content (AvgIpc) is 2.31. The van der Waals surface area contributed by atoms with Crippen LogP contribution in [0.1, 0.15) is 20.8 Å². The summed E-state index contributed by atoms with van der Waals surface area (Å²) >= 11 is 6.57. The van der Waals surface area contributed by atoms with E-state index in [1.807, 2.05) is 0 Å². The first kappa shape index (κ1) is 23.6. The fraction of sp³-hybridized carbons (Fsp3) is 0.818. The molecule has 2 amide bonds. The van der Waals surface area contributed by atoms with Crippen LogP contribution in [0.3, 0.4) is 0 Å². The van der Waals surface area contributed by atoms with E-state index in [2.05, 4.69) is 66.7 Å². The number of rotatable bonds is 6. The molecule has 0 heterocycles. The van der Waals surface area contributed by atoms with E-state index in [1.165, 1.54) is 19.6 Å². The number of ether oxygens (including phenoxy) is 1. The lowest BCUT2D eigenvalue weighted by Gasteiger charge is -2.13. The molecule has 0 aromatic rings. The van der Waals surface area contributed by atoms with E-state index in [0.717, 1.165) is 0 Å². The minimum atomic E-state index is -0.639. The maximum atomic E-state index is 10.0. The van der Waals surface area contributed by atoms with Crippen molar-refractivity contribution in [1.29, 1.82) is 0 Å². The van der Waals surface area contributed by atoms with Gasteiger partial charge in [-0.15, -0.1) is 0 Å². The van der Waals surface area contributed by atoms with Crippen molar-refractivity contribution in [2.45, 2.75) is 20.8 Å². The second-order valence-electron chi connectivity index (χ2n) is 3.18. The monoisotopic (exact) mass is 313 g/mol. The second kappa shape index (κ2) is 19.9. The highest BCUT2D eigenvalue weighted by atomic mass is 32.1. The van der Waals surface area contributed by atoms with Crippen LogP contribution in [0.2, 0.25) is 0 Å². The summed E-state index contributed by atoms with van der Waals surface area (Å²) in [6, 6.07) is 0. The van der Waals surface area contributed by atoms with Crippen LogP contribution < -0.4 is 11.1 Å². The molecule has 0 atom stereocenters. The first-order valence-corrected chi connectivity index (χ1v) is 6.91. The molecule has 0 aliphatic heterocycles. The van der Waals surface area contributed by atoms with Gasteiger partial charge in [0.15, 0.2) is 0 Å². The van der Waals surface area contributed by atoms with Crippen molar-refractivity contribution >= 4 is 35.7 Å². The van der Waals surface area contributed by atoms with Crippen molar-refractivity contribution in [3.8, 4) is 0 Å². The van der Waals surface area contributed by atoms with Crippen LogP contribution in [-0.4, -0.2) is 55.3 Å². The van der Waals surface area contributed by atoms with Crippen molar-refractivity contribution in [2.24, 2.45) is 5.73 Å². The van der Waals surface area contributed by atoms with Crippen LogP contribution in [0.4, 0.5) is 9.59 Å². The molecule has 0 spiro atoms. The molecular formula is C11H27N3O3S2. The summed E-state index contributed by atoms with van der Waals surface area (Å²) in [6.45, 7) is 11.2. The predicted molar refractivity (Wildman–Crippen MR) is 86.3 cm³/mol. The fourth-order valence-corrected chi connectivity index (χ4v) is 1.04. The Kier molecular flexibility index (Phi) is 24.7. The number of thiol groups is 2. The SMILES string of the molecule is CCN(CC)CC.COCCNC(=O)S.NC(=O)S. The summed E-state index contributed by atoms with van der Waals surface area (Å²) in [5, 5.41) is 1.49. The van der Waals surface area contributed by atoms with E-state index in [9.17, 15) is 4.79 Å². The van der Waals surface area contributed by atoms with E-state index in [4.69, 9.17) is 4.79 Å². The van der Waals surface area contributed by atoms with Gasteiger partial charge in [-0.05, 0) is 19.6 Å². The largest absolute Gasteiger partial charge is 0.383 e. The highest BCUT2D eigenvalue weighted by molar-refractivity contribution is 7.96. The number of nitrogens with two attached hydrogens (primary N) is 1. The van der Waals surface area contributed by atoms with Crippen LogP contribution in [0, 0.1) is 0 Å². The van der Waals surface area contributed by atoms with Gasteiger partial charge in [0.05, 0.1) is 6.61 Å². The molecule has 0 aromatic heterocycles. The molecule has 0 fully saturated rings. The third-order valence-electron chi connectivity index (χ3n) is 1.92. The number of hydrogen-bond acceptors (Lipinski definition) is 4. The molecule has 19 heavy (non-hydrogen) atoms. The van der Waals surface area contributed by atoms with Crippen LogP contribution in [0.15, 0.2) is 0 Å². The van der Waals surface area contributed by atoms with E-state index < -0.39 is 5.24 Å². The van der Waals surface area contributed by atoms with Gasteiger partial charge in [0.25, 0.3) is 10.5 Å². The van der Waals surface area contributed by atoms with Gasteiger partial charge in [-0.1, -0.05) is 46.0 Å². The third kappa shape index (κ3) is 38.1. The summed E-state index contributed by atoms with van der Waals surface area (Å²) in [4.78, 5) is 21.5. The van der Waals surface area contributed by atoms with E-state index >= 15 is 0 Å². The topological polar surface area (TPSA) is 84.7 Å². The molecule has 0 saturated heterocycles. The number of amides is 2. The van der Waals surface area contributed by atoms with Gasteiger partial charge in [0, 0.05) is 13.7 Å². The van der Waals surface area contributed by atoms with Crippen molar-refractivity contribution in [3.05, 3.63) is 0 Å². The Morgan fingerprint density at radius 2 is 1.53 bits per heavy atom. The van der Waals surface area contributed by atoms with E-state index in [0.29, 0.717) is 13.2 Å². The minimum Gasteiger partial charge on any atom is -0.383 e. The smallest absolute Gasteiger partial charge is 0.276 e. The number of carbonyl (C=O) groups excluding carboxylic acids is 2. The third-order valence-corrected chi connectivity index (χ3v) is 2.08. The lowest BCUT2D eigenvalue weighted by Crippen LogP contribution is -2.21. The van der Waals surface area contributed by atoms with Gasteiger partial charge in [0.2, 0.25) is 0 Å². The van der Waals surface area contributed by atoms with Crippen molar-refractivity contribution < 1.29 is 14.3 Å². The van der Waals surface area contributed by atoms with E-state index in [1.54, 1.807) is 7.11 Å². The van der Waals surface area contributed by atoms with Crippen molar-refractivity contribution in [3.63, 3.8) is 0 Å². The molecule has 6 nitrogen and oxygen atoms in total. The molecule has 3 N–H and O–H groups in total. The zero-order valence-corrected chi connectivity index (χ0v) is 14.0. The lowest BCUT2D eigenvalue weighted by atomic mass is 10.5. The first-order valence-electron chi connectivity index (χ1n) is 6.01. The molecule has 0 rings (SSSR count). The van der Waals surface area contributed by atoms with Crippen LogP contribution in [0.5, 0.6) is 0 Å². The molecular weight excluding hydrogens is 286 g/mol. The summed E-state index contributed by atoms with van der Waals surface area (Å²) in [5.41, 5.74) is 4.34. The Hall–Kier alpha value is -0.440. The van der Waals surface area contributed by atoms with Gasteiger partial charge in [-0.3, -0.25) is 9.59 Å². The lowest BCUT2D eigenvalue weighted by molar-refractivity contribution is 0.199. The quantitative estimate of drug-likeness (QED) is 0.443. The molecule has 0 unspecified atom stereocenters. The van der Waals surface area contributed by atoms with Crippen molar-refractivity contribution in [2.75, 3.05) is 39.9 Å². The Balaban J connectivity index is -0.000000214. The first-order chi connectivity index (χ1) is 8.85. The Morgan fingerprint density at radius 1 is 1.16 bits per heavy atom. The number of primary amides is 1. The Labute approximate surface area is 127 Å². The zero-order valence-electron chi connectivity index (χ0n) is 12.2. The molecule has 0 bridgehead atoms. The molecule has 0 aromatic carbocycles. The van der Waals surface area contributed by atoms with Crippen LogP contribution in [-0.2, 0) is 4.74 Å². The van der Waals surface area contributed by atoms with Gasteiger partial charge in [-0.2, -0.15) is 0 Å². The zero-order chi connectivity index (χ0) is 15.7. The molecule has 0 saturated carbocycles. The molecule has 8 heteroatoms. The van der Waals surface area contributed by atoms with Crippen LogP contribution >= 0.6 is 25.3 Å². The van der Waals surface area contributed by atoms with Gasteiger partial charge in [0.1, 0.15) is 0 Å². The highest BCUT2D eigenvalue weighted by Crippen LogP contribution is 1.81. The fourth-order valence-electron chi connectivity index (χ4n) is 0.931. The van der Waals surface area contributed by atoms with Gasteiger partial charge >= 0.3 is 0 Å². The Morgan fingerprint density at radius 3 is 1.68 bits per heavy atom. The highest BCUT2D eigenvalue weighted by Gasteiger charge is 1.89. The summed E-state index contributed by atoms with van der Waals surface area (Å²) in [6.07, 6.45) is 0. The van der Waals surface area contributed by atoms with E-state index in [-0.39, 0.29) is 5.24 Å². The maximum Gasteiger partial charge on any atom is 0.276 e. The molecule has 0 aliphatic carbocycles. The molecule has 116 valence electrons. The number of hydrogen-bond donors (Lipinski definition) is 4. The summed E-state index contributed by atoms with van der Waals surface area (Å²) < 4.78 is 4.64. The second-order valence-corrected chi connectivity index (χ2v) is 4.03. The van der Waals surface area contributed by atoms with Gasteiger partial charge < -0.3 is 20.7 Å². The Bertz CT molecular complexity index is 206. The number of methoxy groups -OCH3 is 1. The summed E-state index contributed by atoms with van der Waals surface area (Å²) in [7, 11) is 1.57. The molecule has 0 aliphatic rings. The normalized spacial score (nSPS) is 8.79. The van der Waals surface area contributed by atoms with Crippen molar-refractivity contribution in [1.82, 2.24) is 10.2 Å².